The highest BCUT2D eigenvalue weighted by Gasteiger charge is 2.19. The van der Waals surface area contributed by atoms with E-state index in [4.69, 9.17) is 4.74 Å². The molecule has 1 aliphatic rings. The monoisotopic (exact) mass is 255 g/mol. The first-order valence-corrected chi connectivity index (χ1v) is 7.13. The topological polar surface area (TPSA) is 21.3 Å². The molecule has 0 saturated heterocycles. The van der Waals surface area contributed by atoms with Crippen LogP contribution in [0.2, 0.25) is 0 Å². The van der Waals surface area contributed by atoms with E-state index in [1.165, 1.54) is 35.7 Å². The standard InChI is InChI=1S/C17H21NO/c1-19-16-7-8-17-14(3-2-4-15(17)11-16)9-10-18-12-13-5-6-13/h2-4,7-8,11,13,18H,5-6,9-10,12H2,1H3. The molecule has 1 saturated carbocycles. The number of rotatable bonds is 6. The molecule has 0 spiro atoms. The van der Waals surface area contributed by atoms with Crippen molar-refractivity contribution in [3.05, 3.63) is 42.0 Å². The lowest BCUT2D eigenvalue weighted by atomic mass is 10.0. The molecule has 2 aromatic rings. The van der Waals surface area contributed by atoms with Gasteiger partial charge >= 0.3 is 0 Å². The van der Waals surface area contributed by atoms with E-state index in [1.54, 1.807) is 7.11 Å². The van der Waals surface area contributed by atoms with Gasteiger partial charge in [0.25, 0.3) is 0 Å². The highest BCUT2D eigenvalue weighted by molar-refractivity contribution is 5.87. The molecule has 0 radical (unpaired) electrons. The molecule has 0 aliphatic heterocycles. The van der Waals surface area contributed by atoms with Gasteiger partial charge in [0.1, 0.15) is 5.75 Å². The van der Waals surface area contributed by atoms with Crippen LogP contribution in [0.25, 0.3) is 10.8 Å². The molecule has 0 aromatic heterocycles. The van der Waals surface area contributed by atoms with Crippen LogP contribution in [0, 0.1) is 5.92 Å². The number of methoxy groups -OCH3 is 1. The third kappa shape index (κ3) is 3.07. The van der Waals surface area contributed by atoms with Crippen LogP contribution in [0.15, 0.2) is 36.4 Å². The van der Waals surface area contributed by atoms with Gasteiger partial charge in [-0.2, -0.15) is 0 Å². The molecule has 2 aromatic carbocycles. The minimum Gasteiger partial charge on any atom is -0.497 e. The van der Waals surface area contributed by atoms with Crippen LogP contribution < -0.4 is 10.1 Å². The van der Waals surface area contributed by atoms with Gasteiger partial charge in [-0.1, -0.05) is 24.3 Å². The first-order chi connectivity index (χ1) is 9.36. The molecule has 0 atom stereocenters. The summed E-state index contributed by atoms with van der Waals surface area (Å²) in [5.74, 6) is 1.88. The van der Waals surface area contributed by atoms with Crippen LogP contribution in [-0.2, 0) is 6.42 Å². The van der Waals surface area contributed by atoms with Crippen molar-refractivity contribution in [2.24, 2.45) is 5.92 Å². The molecule has 0 unspecified atom stereocenters. The number of benzene rings is 2. The SMILES string of the molecule is COc1ccc2c(CCNCC3CC3)cccc2c1. The minimum absolute atomic E-state index is 0.927. The van der Waals surface area contributed by atoms with Gasteiger partial charge in [-0.15, -0.1) is 0 Å². The smallest absolute Gasteiger partial charge is 0.119 e. The first kappa shape index (κ1) is 12.5. The largest absolute Gasteiger partial charge is 0.497 e. The Morgan fingerprint density at radius 2 is 2.11 bits per heavy atom. The van der Waals surface area contributed by atoms with Crippen LogP contribution >= 0.6 is 0 Å². The van der Waals surface area contributed by atoms with Crippen molar-refractivity contribution < 1.29 is 4.74 Å². The third-order valence-corrected chi connectivity index (χ3v) is 3.88. The quantitative estimate of drug-likeness (QED) is 0.799. The molecule has 1 N–H and O–H groups in total. The zero-order chi connectivity index (χ0) is 13.1. The summed E-state index contributed by atoms with van der Waals surface area (Å²) in [4.78, 5) is 0. The maximum atomic E-state index is 5.28. The molecular formula is C17H21NO. The summed E-state index contributed by atoms with van der Waals surface area (Å²) >= 11 is 0. The van der Waals surface area contributed by atoms with E-state index < -0.39 is 0 Å². The zero-order valence-electron chi connectivity index (χ0n) is 11.5. The van der Waals surface area contributed by atoms with Gasteiger partial charge in [-0.25, -0.2) is 0 Å². The van der Waals surface area contributed by atoms with Crippen molar-refractivity contribution in [2.75, 3.05) is 20.2 Å². The van der Waals surface area contributed by atoms with Crippen molar-refractivity contribution in [2.45, 2.75) is 19.3 Å². The third-order valence-electron chi connectivity index (χ3n) is 3.88. The Bertz CT molecular complexity index is 560. The van der Waals surface area contributed by atoms with Gasteiger partial charge in [0.2, 0.25) is 0 Å². The Hall–Kier alpha value is -1.54. The fourth-order valence-corrected chi connectivity index (χ4v) is 2.53. The van der Waals surface area contributed by atoms with Crippen LogP contribution in [0.5, 0.6) is 5.75 Å². The van der Waals surface area contributed by atoms with E-state index in [0.717, 1.165) is 24.6 Å². The van der Waals surface area contributed by atoms with Crippen molar-refractivity contribution in [3.8, 4) is 5.75 Å². The van der Waals surface area contributed by atoms with E-state index in [-0.39, 0.29) is 0 Å². The van der Waals surface area contributed by atoms with Crippen molar-refractivity contribution >= 4 is 10.8 Å². The number of fused-ring (bicyclic) bond motifs is 1. The lowest BCUT2D eigenvalue weighted by Gasteiger charge is -2.09. The van der Waals surface area contributed by atoms with Gasteiger partial charge in [0.15, 0.2) is 0 Å². The summed E-state index contributed by atoms with van der Waals surface area (Å²) in [6.45, 7) is 2.26. The molecule has 2 heteroatoms. The van der Waals surface area contributed by atoms with Crippen LogP contribution in [0.3, 0.4) is 0 Å². The summed E-state index contributed by atoms with van der Waals surface area (Å²) < 4.78 is 5.28. The lowest BCUT2D eigenvalue weighted by Crippen LogP contribution is -2.19. The maximum Gasteiger partial charge on any atom is 0.119 e. The average Bonchev–Trinajstić information content (AvgIpc) is 3.27. The van der Waals surface area contributed by atoms with Crippen LogP contribution in [-0.4, -0.2) is 20.2 Å². The molecule has 1 fully saturated rings. The molecule has 1 aliphatic carbocycles. The van der Waals surface area contributed by atoms with Gasteiger partial charge in [0, 0.05) is 0 Å². The normalized spacial score (nSPS) is 14.8. The van der Waals surface area contributed by atoms with Crippen molar-refractivity contribution in [1.82, 2.24) is 5.32 Å². The lowest BCUT2D eigenvalue weighted by molar-refractivity contribution is 0.415. The minimum atomic E-state index is 0.927. The summed E-state index contributed by atoms with van der Waals surface area (Å²) in [6, 6.07) is 12.8. The average molecular weight is 255 g/mol. The Labute approximate surface area is 114 Å². The van der Waals surface area contributed by atoms with Gasteiger partial charge < -0.3 is 10.1 Å². The molecule has 2 nitrogen and oxygen atoms in total. The number of ether oxygens (including phenoxy) is 1. The van der Waals surface area contributed by atoms with E-state index in [9.17, 15) is 0 Å². The molecule has 0 bridgehead atoms. The van der Waals surface area contributed by atoms with Gasteiger partial charge in [0.05, 0.1) is 7.11 Å². The number of hydrogen-bond donors (Lipinski definition) is 1. The highest BCUT2D eigenvalue weighted by atomic mass is 16.5. The Balaban J connectivity index is 1.70. The van der Waals surface area contributed by atoms with E-state index in [1.807, 2.05) is 6.07 Å². The molecular weight excluding hydrogens is 234 g/mol. The van der Waals surface area contributed by atoms with Crippen molar-refractivity contribution in [3.63, 3.8) is 0 Å². The molecule has 0 amide bonds. The Kier molecular flexibility index (Phi) is 3.69. The molecule has 0 heterocycles. The second kappa shape index (κ2) is 5.62. The molecule has 19 heavy (non-hydrogen) atoms. The fourth-order valence-electron chi connectivity index (χ4n) is 2.53. The second-order valence-electron chi connectivity index (χ2n) is 5.40. The predicted molar refractivity (Wildman–Crippen MR) is 79.8 cm³/mol. The summed E-state index contributed by atoms with van der Waals surface area (Å²) in [7, 11) is 1.72. The van der Waals surface area contributed by atoms with E-state index >= 15 is 0 Å². The molecule has 3 rings (SSSR count). The summed E-state index contributed by atoms with van der Waals surface area (Å²) in [5, 5.41) is 6.17. The number of hydrogen-bond acceptors (Lipinski definition) is 2. The second-order valence-corrected chi connectivity index (χ2v) is 5.40. The highest BCUT2D eigenvalue weighted by Crippen LogP contribution is 2.27. The fraction of sp³-hybridized carbons (Fsp3) is 0.412. The maximum absolute atomic E-state index is 5.28. The number of nitrogens with one attached hydrogen (secondary N) is 1. The van der Waals surface area contributed by atoms with Gasteiger partial charge in [-0.05, 0) is 66.7 Å². The zero-order valence-corrected chi connectivity index (χ0v) is 11.5. The van der Waals surface area contributed by atoms with E-state index in [0.29, 0.717) is 0 Å². The molecule has 100 valence electrons. The van der Waals surface area contributed by atoms with Crippen LogP contribution in [0.4, 0.5) is 0 Å². The summed E-state index contributed by atoms with van der Waals surface area (Å²) in [5.41, 5.74) is 1.42. The van der Waals surface area contributed by atoms with Crippen LogP contribution in [0.1, 0.15) is 18.4 Å². The first-order valence-electron chi connectivity index (χ1n) is 7.13. The summed E-state index contributed by atoms with van der Waals surface area (Å²) in [6.07, 6.45) is 3.93. The predicted octanol–water partition coefficient (Wildman–Crippen LogP) is 3.39. The Morgan fingerprint density at radius 3 is 2.89 bits per heavy atom. The Morgan fingerprint density at radius 1 is 1.21 bits per heavy atom. The van der Waals surface area contributed by atoms with Crippen molar-refractivity contribution in [1.29, 1.82) is 0 Å². The van der Waals surface area contributed by atoms with E-state index in [2.05, 4.69) is 35.6 Å². The van der Waals surface area contributed by atoms with Gasteiger partial charge in [-0.3, -0.25) is 0 Å².